The van der Waals surface area contributed by atoms with Gasteiger partial charge in [-0.25, -0.2) is 0 Å². The molecule has 1 rings (SSSR count). The Balaban J connectivity index is 2.28. The highest BCUT2D eigenvalue weighted by atomic mass is 16.7. The van der Waals surface area contributed by atoms with Gasteiger partial charge in [0.05, 0.1) is 6.61 Å². The second-order valence-corrected chi connectivity index (χ2v) is 4.98. The molecule has 0 aliphatic carbocycles. The molecule has 6 nitrogen and oxygen atoms in total. The third-order valence-corrected chi connectivity index (χ3v) is 3.38. The summed E-state index contributed by atoms with van der Waals surface area (Å²) in [4.78, 5) is 0. The van der Waals surface area contributed by atoms with Crippen LogP contribution in [0.25, 0.3) is 0 Å². The first kappa shape index (κ1) is 16.8. The highest BCUT2D eigenvalue weighted by Crippen LogP contribution is 2.22. The molecule has 1 unspecified atom stereocenters. The lowest BCUT2D eigenvalue weighted by atomic mass is 9.99. The summed E-state index contributed by atoms with van der Waals surface area (Å²) < 4.78 is 10.6. The lowest BCUT2D eigenvalue weighted by molar-refractivity contribution is -0.301. The highest BCUT2D eigenvalue weighted by molar-refractivity contribution is 4.88. The lowest BCUT2D eigenvalue weighted by Gasteiger charge is -2.39. The number of rotatable bonds is 8. The normalized spacial score (nSPS) is 35.5. The van der Waals surface area contributed by atoms with E-state index >= 15 is 0 Å². The Morgan fingerprint density at radius 2 is 1.63 bits per heavy atom. The van der Waals surface area contributed by atoms with Gasteiger partial charge in [-0.3, -0.25) is 0 Å². The second kappa shape index (κ2) is 8.84. The summed E-state index contributed by atoms with van der Waals surface area (Å²) >= 11 is 0. The van der Waals surface area contributed by atoms with Gasteiger partial charge < -0.3 is 29.9 Å². The summed E-state index contributed by atoms with van der Waals surface area (Å²) in [6, 6.07) is 0. The van der Waals surface area contributed by atoms with Gasteiger partial charge in [0.2, 0.25) is 0 Å². The third-order valence-electron chi connectivity index (χ3n) is 3.38. The largest absolute Gasteiger partial charge is 0.394 e. The van der Waals surface area contributed by atoms with E-state index in [1.807, 2.05) is 0 Å². The highest BCUT2D eigenvalue weighted by Gasteiger charge is 2.43. The second-order valence-electron chi connectivity index (χ2n) is 4.98. The Morgan fingerprint density at radius 3 is 2.26 bits per heavy atom. The van der Waals surface area contributed by atoms with Crippen LogP contribution in [0.3, 0.4) is 0 Å². The van der Waals surface area contributed by atoms with Crippen molar-refractivity contribution in [3.63, 3.8) is 0 Å². The molecule has 114 valence electrons. The van der Waals surface area contributed by atoms with Gasteiger partial charge in [0.1, 0.15) is 24.4 Å². The fourth-order valence-electron chi connectivity index (χ4n) is 2.11. The van der Waals surface area contributed by atoms with Gasteiger partial charge in [-0.05, 0) is 6.42 Å². The van der Waals surface area contributed by atoms with Crippen molar-refractivity contribution in [1.82, 2.24) is 0 Å². The van der Waals surface area contributed by atoms with Crippen molar-refractivity contribution in [2.24, 2.45) is 0 Å². The molecule has 0 aromatic rings. The Hall–Kier alpha value is -0.240. The number of ether oxygens (including phenoxy) is 2. The molecular weight excluding hydrogens is 252 g/mol. The van der Waals surface area contributed by atoms with E-state index in [0.29, 0.717) is 6.61 Å². The summed E-state index contributed by atoms with van der Waals surface area (Å²) in [6.07, 6.45) is -0.471. The number of aliphatic hydroxyl groups is 4. The zero-order chi connectivity index (χ0) is 14.3. The predicted octanol–water partition coefficient (Wildman–Crippen LogP) is -0.227. The molecule has 5 atom stereocenters. The number of hydrogen-bond acceptors (Lipinski definition) is 6. The van der Waals surface area contributed by atoms with Crippen LogP contribution in [0.15, 0.2) is 0 Å². The molecular formula is C13H26O6. The minimum atomic E-state index is -1.36. The fraction of sp³-hybridized carbons (Fsp3) is 1.00. The van der Waals surface area contributed by atoms with E-state index in [1.165, 1.54) is 12.8 Å². The Labute approximate surface area is 114 Å². The van der Waals surface area contributed by atoms with E-state index < -0.39 is 37.3 Å². The molecule has 0 spiro atoms. The molecule has 1 heterocycles. The van der Waals surface area contributed by atoms with Crippen LogP contribution < -0.4 is 0 Å². The SMILES string of the molecule is CCCCCCCOC1O[C@H](CO)[C@@H](O)[C@H](O)[C@H]1O. The molecule has 0 aromatic carbocycles. The first-order valence-corrected chi connectivity index (χ1v) is 7.04. The third kappa shape index (κ3) is 4.98. The summed E-state index contributed by atoms with van der Waals surface area (Å²) in [6.45, 7) is 2.14. The van der Waals surface area contributed by atoms with Crippen molar-refractivity contribution in [2.45, 2.75) is 69.7 Å². The first-order chi connectivity index (χ1) is 9.11. The summed E-state index contributed by atoms with van der Waals surface area (Å²) in [7, 11) is 0. The molecule has 0 radical (unpaired) electrons. The number of aliphatic hydroxyl groups excluding tert-OH is 4. The molecule has 19 heavy (non-hydrogen) atoms. The standard InChI is InChI=1S/C13H26O6/c1-2-3-4-5-6-7-18-13-12(17)11(16)10(15)9(8-14)19-13/h9-17H,2-8H2,1H3/t9-,10-,11+,12-,13?/m1/s1. The number of hydrogen-bond donors (Lipinski definition) is 4. The summed E-state index contributed by atoms with van der Waals surface area (Å²) in [5.41, 5.74) is 0. The summed E-state index contributed by atoms with van der Waals surface area (Å²) in [5.74, 6) is 0. The van der Waals surface area contributed by atoms with E-state index in [4.69, 9.17) is 14.6 Å². The van der Waals surface area contributed by atoms with E-state index in [0.717, 1.165) is 19.3 Å². The fourth-order valence-corrected chi connectivity index (χ4v) is 2.11. The van der Waals surface area contributed by atoms with Gasteiger partial charge in [-0.1, -0.05) is 32.6 Å². The van der Waals surface area contributed by atoms with Crippen molar-refractivity contribution in [3.8, 4) is 0 Å². The molecule has 1 aliphatic heterocycles. The zero-order valence-corrected chi connectivity index (χ0v) is 11.4. The van der Waals surface area contributed by atoms with Crippen LogP contribution in [0.2, 0.25) is 0 Å². The van der Waals surface area contributed by atoms with E-state index in [-0.39, 0.29) is 0 Å². The van der Waals surface area contributed by atoms with Crippen molar-refractivity contribution in [2.75, 3.05) is 13.2 Å². The molecule has 0 aromatic heterocycles. The van der Waals surface area contributed by atoms with Gasteiger partial charge in [0.25, 0.3) is 0 Å². The number of unbranched alkanes of at least 4 members (excludes halogenated alkanes) is 4. The average Bonchev–Trinajstić information content (AvgIpc) is 2.42. The van der Waals surface area contributed by atoms with Crippen molar-refractivity contribution < 1.29 is 29.9 Å². The van der Waals surface area contributed by atoms with Gasteiger partial charge in [-0.15, -0.1) is 0 Å². The Bertz CT molecular complexity index is 235. The summed E-state index contributed by atoms with van der Waals surface area (Å²) in [5, 5.41) is 37.9. The molecule has 1 fully saturated rings. The van der Waals surface area contributed by atoms with Crippen molar-refractivity contribution >= 4 is 0 Å². The van der Waals surface area contributed by atoms with Gasteiger partial charge in [-0.2, -0.15) is 0 Å². The maximum Gasteiger partial charge on any atom is 0.186 e. The van der Waals surface area contributed by atoms with Gasteiger partial charge >= 0.3 is 0 Å². The predicted molar refractivity (Wildman–Crippen MR) is 68.5 cm³/mol. The van der Waals surface area contributed by atoms with Crippen LogP contribution in [0.1, 0.15) is 39.0 Å². The van der Waals surface area contributed by atoms with Crippen molar-refractivity contribution in [1.29, 1.82) is 0 Å². The van der Waals surface area contributed by atoms with E-state index in [9.17, 15) is 15.3 Å². The van der Waals surface area contributed by atoms with Crippen LogP contribution in [0.5, 0.6) is 0 Å². The van der Waals surface area contributed by atoms with E-state index in [1.54, 1.807) is 0 Å². The molecule has 6 heteroatoms. The topological polar surface area (TPSA) is 99.4 Å². The molecule has 0 bridgehead atoms. The zero-order valence-electron chi connectivity index (χ0n) is 11.4. The molecule has 0 amide bonds. The Morgan fingerprint density at radius 1 is 0.947 bits per heavy atom. The van der Waals surface area contributed by atoms with Crippen LogP contribution in [0.4, 0.5) is 0 Å². The Kier molecular flexibility index (Phi) is 7.82. The van der Waals surface area contributed by atoms with Crippen LogP contribution >= 0.6 is 0 Å². The quantitative estimate of drug-likeness (QED) is 0.458. The molecule has 0 saturated carbocycles. The minimum absolute atomic E-state index is 0.423. The van der Waals surface area contributed by atoms with Gasteiger partial charge in [0.15, 0.2) is 6.29 Å². The molecule has 1 saturated heterocycles. The minimum Gasteiger partial charge on any atom is -0.394 e. The van der Waals surface area contributed by atoms with E-state index in [2.05, 4.69) is 6.92 Å². The monoisotopic (exact) mass is 278 g/mol. The maximum atomic E-state index is 9.72. The van der Waals surface area contributed by atoms with Crippen molar-refractivity contribution in [3.05, 3.63) is 0 Å². The first-order valence-electron chi connectivity index (χ1n) is 7.04. The van der Waals surface area contributed by atoms with Crippen LogP contribution in [-0.4, -0.2) is 64.3 Å². The average molecular weight is 278 g/mol. The maximum absolute atomic E-state index is 9.72. The lowest BCUT2D eigenvalue weighted by Crippen LogP contribution is -2.59. The molecule has 4 N–H and O–H groups in total. The van der Waals surface area contributed by atoms with Gasteiger partial charge in [0, 0.05) is 6.61 Å². The van der Waals surface area contributed by atoms with Crippen LogP contribution in [0, 0.1) is 0 Å². The van der Waals surface area contributed by atoms with Crippen LogP contribution in [-0.2, 0) is 9.47 Å². The smallest absolute Gasteiger partial charge is 0.186 e. The molecule has 1 aliphatic rings.